The zero-order chi connectivity index (χ0) is 16.4. The molecule has 1 aromatic heterocycles. The number of hydrogen-bond donors (Lipinski definition) is 1. The molecule has 0 spiro atoms. The molecule has 1 saturated heterocycles. The van der Waals surface area contributed by atoms with Crippen LogP contribution in [0.25, 0.3) is 0 Å². The van der Waals surface area contributed by atoms with Gasteiger partial charge in [0.1, 0.15) is 0 Å². The second-order valence-corrected chi connectivity index (χ2v) is 9.41. The highest BCUT2D eigenvalue weighted by Crippen LogP contribution is 2.31. The number of carbonyl (C=O) groups is 1. The summed E-state index contributed by atoms with van der Waals surface area (Å²) in [7, 11) is -3.13. The van der Waals surface area contributed by atoms with Gasteiger partial charge in [0.05, 0.1) is 23.0 Å². The quantitative estimate of drug-likeness (QED) is 0.840. The molecule has 0 bridgehead atoms. The zero-order valence-electron chi connectivity index (χ0n) is 13.3. The predicted molar refractivity (Wildman–Crippen MR) is 89.7 cm³/mol. The SMILES string of the molecule is CCS(=O)(=O)N1CCC[C@H](c2nc(CNC(=O)C3CC3)cs2)C1. The summed E-state index contributed by atoms with van der Waals surface area (Å²) in [5.74, 6) is 0.649. The van der Waals surface area contributed by atoms with Crippen molar-refractivity contribution in [3.63, 3.8) is 0 Å². The van der Waals surface area contributed by atoms with Crippen LogP contribution in [0.2, 0.25) is 0 Å². The van der Waals surface area contributed by atoms with E-state index in [-0.39, 0.29) is 23.5 Å². The van der Waals surface area contributed by atoms with Crippen molar-refractivity contribution in [3.05, 3.63) is 16.1 Å². The second-order valence-electron chi connectivity index (χ2n) is 6.27. The lowest BCUT2D eigenvalue weighted by molar-refractivity contribution is -0.122. The molecule has 2 heterocycles. The summed E-state index contributed by atoms with van der Waals surface area (Å²) in [5.41, 5.74) is 0.870. The number of thiazole rings is 1. The number of amides is 1. The average Bonchev–Trinajstić information content (AvgIpc) is 3.31. The summed E-state index contributed by atoms with van der Waals surface area (Å²) in [6.07, 6.45) is 3.84. The van der Waals surface area contributed by atoms with E-state index in [4.69, 9.17) is 0 Å². The maximum Gasteiger partial charge on any atom is 0.223 e. The molecule has 1 N–H and O–H groups in total. The monoisotopic (exact) mass is 357 g/mol. The minimum atomic E-state index is -3.13. The molecule has 2 aliphatic rings. The van der Waals surface area contributed by atoms with Crippen molar-refractivity contribution in [1.29, 1.82) is 0 Å². The van der Waals surface area contributed by atoms with E-state index in [1.165, 1.54) is 0 Å². The van der Waals surface area contributed by atoms with Crippen LogP contribution in [0, 0.1) is 5.92 Å². The first-order chi connectivity index (χ1) is 11.0. The molecule has 1 aliphatic carbocycles. The average molecular weight is 358 g/mol. The third-order valence-corrected chi connectivity index (χ3v) is 7.36. The Balaban J connectivity index is 1.59. The van der Waals surface area contributed by atoms with Gasteiger partial charge in [0.2, 0.25) is 15.9 Å². The van der Waals surface area contributed by atoms with Gasteiger partial charge in [-0.2, -0.15) is 0 Å². The van der Waals surface area contributed by atoms with Gasteiger partial charge < -0.3 is 5.32 Å². The molecular weight excluding hydrogens is 334 g/mol. The highest BCUT2D eigenvalue weighted by Gasteiger charge is 2.31. The van der Waals surface area contributed by atoms with Crippen molar-refractivity contribution in [1.82, 2.24) is 14.6 Å². The van der Waals surface area contributed by atoms with Crippen molar-refractivity contribution in [2.45, 2.75) is 45.1 Å². The van der Waals surface area contributed by atoms with E-state index in [0.717, 1.165) is 36.4 Å². The van der Waals surface area contributed by atoms with Crippen LogP contribution in [-0.2, 0) is 21.4 Å². The Morgan fingerprint density at radius 3 is 2.91 bits per heavy atom. The molecule has 23 heavy (non-hydrogen) atoms. The van der Waals surface area contributed by atoms with Gasteiger partial charge in [-0.3, -0.25) is 4.79 Å². The van der Waals surface area contributed by atoms with Crippen molar-refractivity contribution >= 4 is 27.3 Å². The smallest absolute Gasteiger partial charge is 0.223 e. The van der Waals surface area contributed by atoms with Gasteiger partial charge in [0, 0.05) is 30.3 Å². The largest absolute Gasteiger partial charge is 0.350 e. The van der Waals surface area contributed by atoms with E-state index >= 15 is 0 Å². The predicted octanol–water partition coefficient (Wildman–Crippen LogP) is 1.70. The molecule has 3 rings (SSSR count). The fraction of sp³-hybridized carbons (Fsp3) is 0.733. The molecule has 1 aliphatic heterocycles. The fourth-order valence-electron chi connectivity index (χ4n) is 2.84. The number of nitrogens with one attached hydrogen (secondary N) is 1. The highest BCUT2D eigenvalue weighted by molar-refractivity contribution is 7.89. The Morgan fingerprint density at radius 2 is 2.22 bits per heavy atom. The summed E-state index contributed by atoms with van der Waals surface area (Å²) in [6, 6.07) is 0. The van der Waals surface area contributed by atoms with Gasteiger partial charge in [0.25, 0.3) is 0 Å². The van der Waals surface area contributed by atoms with Crippen LogP contribution >= 0.6 is 11.3 Å². The molecule has 6 nitrogen and oxygen atoms in total. The first-order valence-corrected chi connectivity index (χ1v) is 10.7. The number of hydrogen-bond acceptors (Lipinski definition) is 5. The summed E-state index contributed by atoms with van der Waals surface area (Å²) in [5, 5.41) is 5.87. The van der Waals surface area contributed by atoms with E-state index < -0.39 is 10.0 Å². The first kappa shape index (κ1) is 16.9. The zero-order valence-corrected chi connectivity index (χ0v) is 15.0. The summed E-state index contributed by atoms with van der Waals surface area (Å²) >= 11 is 1.57. The fourth-order valence-corrected chi connectivity index (χ4v) is 4.97. The highest BCUT2D eigenvalue weighted by atomic mass is 32.2. The Labute approximate surface area is 141 Å². The number of aromatic nitrogens is 1. The number of rotatable bonds is 6. The maximum absolute atomic E-state index is 12.0. The van der Waals surface area contributed by atoms with E-state index in [0.29, 0.717) is 19.6 Å². The van der Waals surface area contributed by atoms with Gasteiger partial charge in [-0.05, 0) is 32.6 Å². The normalized spacial score (nSPS) is 22.9. The standard InChI is InChI=1S/C15H23N3O3S2/c1-2-23(20,21)18-7-3-4-12(9-18)15-17-13(10-22-15)8-16-14(19)11-5-6-11/h10-12H,2-9H2,1H3,(H,16,19)/t12-/m0/s1. The van der Waals surface area contributed by atoms with Gasteiger partial charge in [0.15, 0.2) is 0 Å². The van der Waals surface area contributed by atoms with Crippen LogP contribution in [0.4, 0.5) is 0 Å². The van der Waals surface area contributed by atoms with Gasteiger partial charge in [-0.25, -0.2) is 17.7 Å². The van der Waals surface area contributed by atoms with Crippen LogP contribution < -0.4 is 5.32 Å². The molecule has 0 radical (unpaired) electrons. The van der Waals surface area contributed by atoms with Crippen molar-refractivity contribution in [3.8, 4) is 0 Å². The van der Waals surface area contributed by atoms with E-state index in [9.17, 15) is 13.2 Å². The third-order valence-electron chi connectivity index (χ3n) is 4.45. The minimum Gasteiger partial charge on any atom is -0.350 e. The van der Waals surface area contributed by atoms with Gasteiger partial charge in [-0.15, -0.1) is 11.3 Å². The molecule has 1 amide bonds. The number of sulfonamides is 1. The third kappa shape index (κ3) is 4.10. The van der Waals surface area contributed by atoms with Crippen LogP contribution in [0.5, 0.6) is 0 Å². The van der Waals surface area contributed by atoms with Crippen molar-refractivity contribution < 1.29 is 13.2 Å². The van der Waals surface area contributed by atoms with E-state index in [1.54, 1.807) is 22.6 Å². The van der Waals surface area contributed by atoms with Crippen molar-refractivity contribution in [2.75, 3.05) is 18.8 Å². The molecule has 0 aromatic carbocycles. The molecule has 0 unspecified atom stereocenters. The first-order valence-electron chi connectivity index (χ1n) is 8.19. The summed E-state index contributed by atoms with van der Waals surface area (Å²) in [4.78, 5) is 16.3. The summed E-state index contributed by atoms with van der Waals surface area (Å²) in [6.45, 7) is 3.29. The van der Waals surface area contributed by atoms with Crippen LogP contribution in [0.3, 0.4) is 0 Å². The second kappa shape index (κ2) is 6.86. The molecule has 128 valence electrons. The lowest BCUT2D eigenvalue weighted by Crippen LogP contribution is -2.39. The van der Waals surface area contributed by atoms with E-state index in [2.05, 4.69) is 10.3 Å². The Morgan fingerprint density at radius 1 is 1.43 bits per heavy atom. The van der Waals surface area contributed by atoms with Crippen molar-refractivity contribution in [2.24, 2.45) is 5.92 Å². The number of nitrogens with zero attached hydrogens (tertiary/aromatic N) is 2. The van der Waals surface area contributed by atoms with Crippen LogP contribution in [0.15, 0.2) is 5.38 Å². The van der Waals surface area contributed by atoms with Gasteiger partial charge in [-0.1, -0.05) is 0 Å². The van der Waals surface area contributed by atoms with Crippen LogP contribution in [-0.4, -0.2) is 42.5 Å². The molecule has 2 fully saturated rings. The van der Waals surface area contributed by atoms with Crippen LogP contribution in [0.1, 0.15) is 49.2 Å². The molecule has 8 heteroatoms. The minimum absolute atomic E-state index is 0.123. The molecule has 1 aromatic rings. The maximum atomic E-state index is 12.0. The molecule has 1 saturated carbocycles. The topological polar surface area (TPSA) is 79.4 Å². The lowest BCUT2D eigenvalue weighted by Gasteiger charge is -2.30. The van der Waals surface area contributed by atoms with E-state index in [1.807, 2.05) is 5.38 Å². The molecule has 1 atom stereocenters. The summed E-state index contributed by atoms with van der Waals surface area (Å²) < 4.78 is 25.7. The Kier molecular flexibility index (Phi) is 5.03. The molecular formula is C15H23N3O3S2. The number of piperidine rings is 1. The van der Waals surface area contributed by atoms with Gasteiger partial charge >= 0.3 is 0 Å². The lowest BCUT2D eigenvalue weighted by atomic mass is 10.0. The Bertz CT molecular complexity index is 667. The number of carbonyl (C=O) groups excluding carboxylic acids is 1. The Hall–Kier alpha value is -0.990.